The minimum atomic E-state index is -0.402. The second kappa shape index (κ2) is 8.99. The van der Waals surface area contributed by atoms with Gasteiger partial charge in [-0.2, -0.15) is 0 Å². The first kappa shape index (κ1) is 19.4. The third-order valence-corrected chi connectivity index (χ3v) is 4.96. The maximum Gasteiger partial charge on any atom is 0.340 e. The van der Waals surface area contributed by atoms with Gasteiger partial charge in [-0.3, -0.25) is 9.78 Å². The van der Waals surface area contributed by atoms with Gasteiger partial charge in [-0.15, -0.1) is 0 Å². The predicted octanol–water partition coefficient (Wildman–Crippen LogP) is 2.90. The Morgan fingerprint density at radius 1 is 1.33 bits per heavy atom. The minimum absolute atomic E-state index is 0.111. The molecule has 0 unspecified atom stereocenters. The van der Waals surface area contributed by atoms with Crippen molar-refractivity contribution in [1.29, 1.82) is 0 Å². The van der Waals surface area contributed by atoms with E-state index in [2.05, 4.69) is 9.97 Å². The lowest BCUT2D eigenvalue weighted by atomic mass is 9.90. The van der Waals surface area contributed by atoms with Crippen LogP contribution in [0.2, 0.25) is 5.02 Å². The van der Waals surface area contributed by atoms with Crippen molar-refractivity contribution in [1.82, 2.24) is 19.4 Å². The molecule has 1 aliphatic rings. The number of rotatable bonds is 6. The second-order valence-corrected chi connectivity index (χ2v) is 6.95. The van der Waals surface area contributed by atoms with E-state index in [1.54, 1.807) is 31.7 Å². The Kier molecular flexibility index (Phi) is 6.45. The largest absolute Gasteiger partial charge is 0.462 e. The first-order valence-electron chi connectivity index (χ1n) is 9.14. The summed E-state index contributed by atoms with van der Waals surface area (Å²) >= 11 is 6.01. The van der Waals surface area contributed by atoms with Crippen LogP contribution in [0, 0.1) is 0 Å². The molecule has 0 aliphatic carbocycles. The van der Waals surface area contributed by atoms with Gasteiger partial charge in [0.2, 0.25) is 5.91 Å². The number of aromatic nitrogens is 3. The van der Waals surface area contributed by atoms with E-state index in [1.807, 2.05) is 15.7 Å². The molecule has 0 saturated carbocycles. The summed E-state index contributed by atoms with van der Waals surface area (Å²) in [5.74, 6) is -0.155. The quantitative estimate of drug-likeness (QED) is 0.709. The van der Waals surface area contributed by atoms with Crippen molar-refractivity contribution in [2.45, 2.75) is 38.6 Å². The van der Waals surface area contributed by atoms with Gasteiger partial charge in [0.1, 0.15) is 0 Å². The molecule has 2 aromatic rings. The summed E-state index contributed by atoms with van der Waals surface area (Å²) in [7, 11) is 0. The van der Waals surface area contributed by atoms with Crippen LogP contribution >= 0.6 is 11.6 Å². The molecule has 7 nitrogen and oxygen atoms in total. The van der Waals surface area contributed by atoms with Gasteiger partial charge < -0.3 is 14.2 Å². The fraction of sp³-hybridized carbons (Fsp3) is 0.474. The van der Waals surface area contributed by atoms with Crippen LogP contribution in [0.5, 0.6) is 0 Å². The number of carbonyl (C=O) groups is 2. The van der Waals surface area contributed by atoms with Crippen LogP contribution in [-0.4, -0.2) is 51.0 Å². The number of piperidine rings is 1. The molecule has 2 aromatic heterocycles. The molecule has 3 heterocycles. The van der Waals surface area contributed by atoms with E-state index < -0.39 is 5.97 Å². The Labute approximate surface area is 163 Å². The molecule has 0 aromatic carbocycles. The fourth-order valence-corrected chi connectivity index (χ4v) is 3.51. The summed E-state index contributed by atoms with van der Waals surface area (Å²) in [6.45, 7) is 4.00. The van der Waals surface area contributed by atoms with Crippen LogP contribution in [-0.2, 0) is 16.1 Å². The van der Waals surface area contributed by atoms with Crippen LogP contribution in [0.25, 0.3) is 0 Å². The third kappa shape index (κ3) is 4.86. The average Bonchev–Trinajstić information content (AvgIpc) is 3.20. The molecular weight excluding hydrogens is 368 g/mol. The van der Waals surface area contributed by atoms with E-state index in [-0.39, 0.29) is 11.8 Å². The summed E-state index contributed by atoms with van der Waals surface area (Å²) in [5.41, 5.74) is 1.14. The molecule has 1 fully saturated rings. The van der Waals surface area contributed by atoms with E-state index >= 15 is 0 Å². The van der Waals surface area contributed by atoms with E-state index in [4.69, 9.17) is 16.3 Å². The number of ether oxygens (including phenoxy) is 1. The number of likely N-dealkylation sites (tertiary alicyclic amines) is 1. The number of carbonyl (C=O) groups excluding carboxylic acids is 2. The molecule has 144 valence electrons. The monoisotopic (exact) mass is 390 g/mol. The molecule has 0 spiro atoms. The number of halogens is 1. The Bertz CT molecular complexity index is 786. The lowest BCUT2D eigenvalue weighted by Crippen LogP contribution is -2.38. The summed E-state index contributed by atoms with van der Waals surface area (Å²) in [6.07, 6.45) is 8.80. The zero-order chi connectivity index (χ0) is 19.2. The van der Waals surface area contributed by atoms with Gasteiger partial charge in [-0.25, -0.2) is 9.78 Å². The lowest BCUT2D eigenvalue weighted by molar-refractivity contribution is -0.132. The smallest absolute Gasteiger partial charge is 0.340 e. The Balaban J connectivity index is 1.60. The standard InChI is InChI=1S/C19H23ClN4O3/c1-2-27-19(26)16-11-15(20)12-22-18(16)14-3-8-24(9-4-14)17(25)5-7-23-10-6-21-13-23/h6,10-14H,2-5,7-9H2,1H3. The summed E-state index contributed by atoms with van der Waals surface area (Å²) < 4.78 is 7.03. The van der Waals surface area contributed by atoms with Gasteiger partial charge in [0.15, 0.2) is 0 Å². The van der Waals surface area contributed by atoms with Crippen molar-refractivity contribution in [2.75, 3.05) is 19.7 Å². The highest BCUT2D eigenvalue weighted by atomic mass is 35.5. The average molecular weight is 391 g/mol. The van der Waals surface area contributed by atoms with E-state index in [0.29, 0.717) is 48.9 Å². The third-order valence-electron chi connectivity index (χ3n) is 4.76. The number of amides is 1. The number of pyridine rings is 1. The minimum Gasteiger partial charge on any atom is -0.462 e. The molecular formula is C19H23ClN4O3. The Morgan fingerprint density at radius 2 is 2.11 bits per heavy atom. The van der Waals surface area contributed by atoms with Crippen molar-refractivity contribution in [2.24, 2.45) is 0 Å². The van der Waals surface area contributed by atoms with Crippen molar-refractivity contribution >= 4 is 23.5 Å². The normalized spacial score (nSPS) is 15.0. The number of nitrogens with zero attached hydrogens (tertiary/aromatic N) is 4. The molecule has 0 radical (unpaired) electrons. The van der Waals surface area contributed by atoms with E-state index in [0.717, 1.165) is 12.8 Å². The van der Waals surface area contributed by atoms with Crippen molar-refractivity contribution in [3.63, 3.8) is 0 Å². The van der Waals surface area contributed by atoms with Crippen LogP contribution in [0.4, 0.5) is 0 Å². The number of aryl methyl sites for hydroxylation is 1. The summed E-state index contributed by atoms with van der Waals surface area (Å²) in [6, 6.07) is 1.62. The zero-order valence-corrected chi connectivity index (χ0v) is 16.1. The summed E-state index contributed by atoms with van der Waals surface area (Å²) in [4.78, 5) is 34.9. The molecule has 27 heavy (non-hydrogen) atoms. The maximum absolute atomic E-state index is 12.4. The van der Waals surface area contributed by atoms with Crippen LogP contribution in [0.1, 0.15) is 48.2 Å². The van der Waals surface area contributed by atoms with E-state index in [9.17, 15) is 9.59 Å². The van der Waals surface area contributed by atoms with Crippen molar-refractivity contribution < 1.29 is 14.3 Å². The first-order valence-corrected chi connectivity index (χ1v) is 9.52. The second-order valence-electron chi connectivity index (χ2n) is 6.51. The SMILES string of the molecule is CCOC(=O)c1cc(Cl)cnc1C1CCN(C(=O)CCn2ccnc2)CC1. The lowest BCUT2D eigenvalue weighted by Gasteiger charge is -2.32. The Hall–Kier alpha value is -2.41. The van der Waals surface area contributed by atoms with Gasteiger partial charge in [-0.05, 0) is 25.8 Å². The molecule has 1 saturated heterocycles. The number of hydrogen-bond acceptors (Lipinski definition) is 5. The highest BCUT2D eigenvalue weighted by Crippen LogP contribution is 2.30. The zero-order valence-electron chi connectivity index (χ0n) is 15.3. The van der Waals surface area contributed by atoms with Crippen LogP contribution < -0.4 is 0 Å². The number of hydrogen-bond donors (Lipinski definition) is 0. The molecule has 1 amide bonds. The van der Waals surface area contributed by atoms with Crippen LogP contribution in [0.15, 0.2) is 31.0 Å². The molecule has 8 heteroatoms. The highest BCUT2D eigenvalue weighted by Gasteiger charge is 2.28. The first-order chi connectivity index (χ1) is 13.1. The van der Waals surface area contributed by atoms with Crippen molar-refractivity contribution in [3.8, 4) is 0 Å². The number of esters is 1. The highest BCUT2D eigenvalue weighted by molar-refractivity contribution is 6.30. The van der Waals surface area contributed by atoms with E-state index in [1.165, 1.54) is 0 Å². The topological polar surface area (TPSA) is 77.3 Å². The van der Waals surface area contributed by atoms with Gasteiger partial charge in [-0.1, -0.05) is 11.6 Å². The van der Waals surface area contributed by atoms with Gasteiger partial charge in [0, 0.05) is 50.6 Å². The van der Waals surface area contributed by atoms with Gasteiger partial charge in [0.05, 0.1) is 29.2 Å². The fourth-order valence-electron chi connectivity index (χ4n) is 3.35. The maximum atomic E-state index is 12.4. The summed E-state index contributed by atoms with van der Waals surface area (Å²) in [5, 5.41) is 0.411. The van der Waals surface area contributed by atoms with Crippen molar-refractivity contribution in [3.05, 3.63) is 47.3 Å². The van der Waals surface area contributed by atoms with Gasteiger partial charge in [0.25, 0.3) is 0 Å². The molecule has 3 rings (SSSR count). The molecule has 0 N–H and O–H groups in total. The Morgan fingerprint density at radius 3 is 2.78 bits per heavy atom. The van der Waals surface area contributed by atoms with Gasteiger partial charge >= 0.3 is 5.97 Å². The molecule has 0 bridgehead atoms. The number of imidazole rings is 1. The van der Waals surface area contributed by atoms with Crippen LogP contribution in [0.3, 0.4) is 0 Å². The molecule has 1 aliphatic heterocycles. The molecule has 0 atom stereocenters. The predicted molar refractivity (Wildman–Crippen MR) is 101 cm³/mol.